The summed E-state index contributed by atoms with van der Waals surface area (Å²) < 4.78 is 0. The molecule has 7 aromatic rings. The number of hydrogen-bond donors (Lipinski definition) is 7. The van der Waals surface area contributed by atoms with Crippen molar-refractivity contribution in [3.8, 4) is 45.6 Å². The summed E-state index contributed by atoms with van der Waals surface area (Å²) in [4.78, 5) is 61.5. The van der Waals surface area contributed by atoms with E-state index >= 15 is 0 Å². The number of carbonyl (C=O) groups excluding carboxylic acids is 1. The third-order valence-corrected chi connectivity index (χ3v) is 11.2. The molecule has 6 heterocycles. The molecule has 4 aromatic heterocycles. The Hall–Kier alpha value is -5.77. The largest absolute Gasteiger partial charge is 0.352 e. The summed E-state index contributed by atoms with van der Waals surface area (Å²) in [7, 11) is 0. The Morgan fingerprint density at radius 3 is 2.29 bits per heavy atom. The van der Waals surface area contributed by atoms with Crippen LogP contribution < -0.4 is 5.32 Å². The number of aryl methyl sites for hydroxylation is 2. The highest BCUT2D eigenvalue weighted by Gasteiger charge is 2.27. The van der Waals surface area contributed by atoms with Gasteiger partial charge in [0.1, 0.15) is 28.4 Å². The van der Waals surface area contributed by atoms with Crippen LogP contribution in [-0.4, -0.2) is 62.3 Å². The predicted octanol–water partition coefficient (Wildman–Crippen LogP) is 7.99. The average Bonchev–Trinajstić information content (AvgIpc) is 3.99. The fraction of sp³-hybridized carbons (Fsp3) is 0.171. The Bertz CT molecular complexity index is 3000. The molecule has 276 valence electrons. The number of hydrogen-bond acceptors (Lipinski definition) is 11. The first-order valence-electron chi connectivity index (χ1n) is 18.3. The van der Waals surface area contributed by atoms with Crippen LogP contribution in [-0.2, 0) is 19.3 Å². The third-order valence-electron chi connectivity index (χ3n) is 10.3. The SMILES string of the molecule is Cc1nc(CCCCNC(=O)c2cccc3c2-c2nc-3nc3[nH]c(nc4nc(nc5[nH]c(n2)c2ccc(S)cc52)-c2cc(S)ccc2-4)c2c3CC=C(S)C2)c[nH]1. The van der Waals surface area contributed by atoms with Gasteiger partial charge in [-0.1, -0.05) is 18.2 Å². The van der Waals surface area contributed by atoms with Crippen LogP contribution in [0.2, 0.25) is 0 Å². The van der Waals surface area contributed by atoms with Crippen molar-refractivity contribution in [2.24, 2.45) is 0 Å². The molecule has 0 spiro atoms. The smallest absolute Gasteiger partial charge is 0.252 e. The number of benzene rings is 3. The summed E-state index contributed by atoms with van der Waals surface area (Å²) in [6.07, 6.45) is 7.75. The molecule has 0 fully saturated rings. The molecule has 1 amide bonds. The van der Waals surface area contributed by atoms with E-state index in [0.29, 0.717) is 82.0 Å². The Kier molecular flexibility index (Phi) is 8.53. The molecule has 12 nitrogen and oxygen atoms in total. The van der Waals surface area contributed by atoms with Crippen LogP contribution >= 0.6 is 37.9 Å². The van der Waals surface area contributed by atoms with Gasteiger partial charge in [-0.25, -0.2) is 34.9 Å². The van der Waals surface area contributed by atoms with Crippen LogP contribution in [0.5, 0.6) is 0 Å². The number of aromatic amines is 3. The standard InChI is InChI=1S/C41H33N11OS3/c1-19-43-18-20(44-19)5-2-3-14-42-41(53)28-7-4-6-27-32(28)40-51-35-26-13-10-23(56)17-31(26)39(49-35)50-38-30-16-22(55)9-12-25(30)34(48-38)47-37-29-15-21(54)8-11-24(29)33(46-37)45-36(27)52-40/h4,6-10,12-13,16-18,54-56H,2-3,5,11,14-15H2,1H3,(H,42,53)(H,43,44)(H2,45,46,47,48,49,50,51,52). The van der Waals surface area contributed by atoms with Gasteiger partial charge in [-0.3, -0.25) is 4.79 Å². The van der Waals surface area contributed by atoms with Gasteiger partial charge in [-0.15, -0.1) is 37.9 Å². The number of rotatable bonds is 6. The molecule has 0 saturated heterocycles. The molecule has 56 heavy (non-hydrogen) atoms. The summed E-state index contributed by atoms with van der Waals surface area (Å²) in [5.74, 6) is 2.48. The fourth-order valence-corrected chi connectivity index (χ4v) is 8.24. The highest BCUT2D eigenvalue weighted by Crippen LogP contribution is 2.39. The van der Waals surface area contributed by atoms with E-state index < -0.39 is 0 Å². The van der Waals surface area contributed by atoms with E-state index in [1.54, 1.807) is 0 Å². The maximum absolute atomic E-state index is 14.0. The highest BCUT2D eigenvalue weighted by atomic mass is 32.1. The Morgan fingerprint density at radius 2 is 1.43 bits per heavy atom. The van der Waals surface area contributed by atoms with Crippen LogP contribution in [0.15, 0.2) is 81.6 Å². The molecule has 3 aromatic carbocycles. The molecule has 0 radical (unpaired) electrons. The second-order valence-electron chi connectivity index (χ2n) is 14.0. The van der Waals surface area contributed by atoms with E-state index in [2.05, 4.69) is 56.6 Å². The second-order valence-corrected chi connectivity index (χ2v) is 15.6. The van der Waals surface area contributed by atoms with Crippen LogP contribution in [0, 0.1) is 6.92 Å². The normalized spacial score (nSPS) is 13.0. The number of nitrogens with one attached hydrogen (secondary N) is 4. The first kappa shape index (κ1) is 34.7. The quantitative estimate of drug-likeness (QED) is 0.0658. The minimum atomic E-state index is -0.211. The highest BCUT2D eigenvalue weighted by molar-refractivity contribution is 7.84. The monoisotopic (exact) mass is 791 g/mol. The molecule has 15 heteroatoms. The van der Waals surface area contributed by atoms with E-state index in [4.69, 9.17) is 42.5 Å². The third kappa shape index (κ3) is 6.15. The zero-order chi connectivity index (χ0) is 38.1. The lowest BCUT2D eigenvalue weighted by atomic mass is 10.0. The number of amides is 1. The number of fused-ring (bicyclic) bond motifs is 20. The van der Waals surface area contributed by atoms with Gasteiger partial charge < -0.3 is 20.3 Å². The number of H-pyrrole nitrogens is 3. The average molecular weight is 792 g/mol. The molecule has 10 rings (SSSR count). The number of thiol groups is 3. The molecule has 1 aliphatic carbocycles. The van der Waals surface area contributed by atoms with Gasteiger partial charge in [0.15, 0.2) is 23.3 Å². The van der Waals surface area contributed by atoms with Crippen molar-refractivity contribution in [3.05, 3.63) is 100.0 Å². The van der Waals surface area contributed by atoms with Crippen molar-refractivity contribution in [1.82, 2.24) is 55.2 Å². The Balaban J connectivity index is 1.18. The van der Waals surface area contributed by atoms with Crippen LogP contribution in [0.3, 0.4) is 0 Å². The van der Waals surface area contributed by atoms with Crippen LogP contribution in [0.1, 0.15) is 45.8 Å². The molecule has 0 unspecified atom stereocenters. The van der Waals surface area contributed by atoms with Gasteiger partial charge >= 0.3 is 0 Å². The van der Waals surface area contributed by atoms with Gasteiger partial charge in [0.05, 0.1) is 11.3 Å². The second kappa shape index (κ2) is 13.8. The molecule has 3 aliphatic rings. The van der Waals surface area contributed by atoms with Crippen molar-refractivity contribution >= 4 is 77.2 Å². The van der Waals surface area contributed by atoms with E-state index in [1.807, 2.05) is 67.7 Å². The van der Waals surface area contributed by atoms with Crippen molar-refractivity contribution < 1.29 is 4.79 Å². The van der Waals surface area contributed by atoms with E-state index in [0.717, 1.165) is 78.5 Å². The molecular formula is C41H33N11OS3. The fourth-order valence-electron chi connectivity index (χ4n) is 7.58. The number of imidazole rings is 1. The number of unbranched alkanes of at least 4 members (excludes halogenated alkanes) is 1. The van der Waals surface area contributed by atoms with Crippen LogP contribution in [0.4, 0.5) is 0 Å². The lowest BCUT2D eigenvalue weighted by Crippen LogP contribution is -2.25. The van der Waals surface area contributed by atoms with E-state index in [-0.39, 0.29) is 5.91 Å². The number of allylic oxidation sites excluding steroid dienone is 2. The topological polar surface area (TPSA) is 167 Å². The minimum Gasteiger partial charge on any atom is -0.352 e. The maximum atomic E-state index is 14.0. The Labute approximate surface area is 336 Å². The van der Waals surface area contributed by atoms with Crippen molar-refractivity contribution in [3.63, 3.8) is 0 Å². The summed E-state index contributed by atoms with van der Waals surface area (Å²) >= 11 is 14.0. The minimum absolute atomic E-state index is 0.211. The van der Waals surface area contributed by atoms with E-state index in [1.165, 1.54) is 0 Å². The summed E-state index contributed by atoms with van der Waals surface area (Å²) in [6, 6.07) is 17.2. The van der Waals surface area contributed by atoms with Crippen LogP contribution in [0.25, 0.3) is 78.9 Å². The zero-order valence-corrected chi connectivity index (χ0v) is 32.7. The number of nitrogens with zero attached hydrogens (tertiary/aromatic N) is 7. The first-order valence-corrected chi connectivity index (χ1v) is 19.6. The van der Waals surface area contributed by atoms with E-state index in [9.17, 15) is 4.79 Å². The van der Waals surface area contributed by atoms with Gasteiger partial charge in [0.25, 0.3) is 5.91 Å². The molecule has 0 saturated carbocycles. The number of carbonyl (C=O) groups is 1. The lowest BCUT2D eigenvalue weighted by Gasteiger charge is -2.09. The van der Waals surface area contributed by atoms with Crippen molar-refractivity contribution in [1.29, 1.82) is 0 Å². The molecule has 8 bridgehead atoms. The molecule has 2 aliphatic heterocycles. The van der Waals surface area contributed by atoms with Crippen molar-refractivity contribution in [2.45, 2.75) is 48.8 Å². The number of aromatic nitrogens is 10. The zero-order valence-electron chi connectivity index (χ0n) is 30.0. The molecular weight excluding hydrogens is 759 g/mol. The van der Waals surface area contributed by atoms with Gasteiger partial charge in [0, 0.05) is 73.1 Å². The maximum Gasteiger partial charge on any atom is 0.252 e. The summed E-state index contributed by atoms with van der Waals surface area (Å²) in [5, 5.41) is 4.74. The first-order chi connectivity index (χ1) is 27.3. The van der Waals surface area contributed by atoms with Gasteiger partial charge in [0.2, 0.25) is 0 Å². The van der Waals surface area contributed by atoms with Gasteiger partial charge in [-0.2, -0.15) is 0 Å². The predicted molar refractivity (Wildman–Crippen MR) is 226 cm³/mol. The molecule has 0 atom stereocenters. The summed E-state index contributed by atoms with van der Waals surface area (Å²) in [5.41, 5.74) is 8.76. The lowest BCUT2D eigenvalue weighted by molar-refractivity contribution is 0.0953. The van der Waals surface area contributed by atoms with Crippen molar-refractivity contribution in [2.75, 3.05) is 6.54 Å². The van der Waals surface area contributed by atoms with Gasteiger partial charge in [-0.05, 0) is 80.0 Å². The molecule has 4 N–H and O–H groups in total. The Morgan fingerprint density at radius 1 is 0.714 bits per heavy atom. The summed E-state index contributed by atoms with van der Waals surface area (Å²) in [6.45, 7) is 2.45.